The zero-order valence-electron chi connectivity index (χ0n) is 16.4. The van der Waals surface area contributed by atoms with Crippen LogP contribution in [0.15, 0.2) is 12.8 Å². The van der Waals surface area contributed by atoms with Gasteiger partial charge in [0, 0.05) is 31.3 Å². The van der Waals surface area contributed by atoms with Crippen molar-refractivity contribution in [3.8, 4) is 6.07 Å². The molecule has 0 aromatic carbocycles. The maximum atomic E-state index is 12.5. The molecule has 1 aromatic heterocycles. The second kappa shape index (κ2) is 10.6. The van der Waals surface area contributed by atoms with Crippen molar-refractivity contribution in [2.75, 3.05) is 24.3 Å². The molecule has 1 aliphatic rings. The van der Waals surface area contributed by atoms with Crippen molar-refractivity contribution in [3.63, 3.8) is 0 Å². The zero-order valence-corrected chi connectivity index (χ0v) is 16.4. The molecule has 0 bridgehead atoms. The average molecular weight is 370 g/mol. The average Bonchev–Trinajstić information content (AvgIpc) is 2.70. The van der Waals surface area contributed by atoms with E-state index >= 15 is 0 Å². The second-order valence-electron chi connectivity index (χ2n) is 6.97. The molecule has 0 saturated heterocycles. The van der Waals surface area contributed by atoms with E-state index in [0.29, 0.717) is 30.3 Å². The van der Waals surface area contributed by atoms with Crippen molar-refractivity contribution in [1.29, 1.82) is 5.26 Å². The standard InChI is InChI=1S/C21H30N4O2/c1-4-12-27-21(26)18-14-24-20(23-3)17(5-2)19(18)25-16-10-6-8-15(13-16)9-7-11-22/h5,14-16H,2,4,6-10,12-13H2,1,3H3,(H2,23,24,25). The lowest BCUT2D eigenvalue weighted by Gasteiger charge is -2.31. The smallest absolute Gasteiger partial charge is 0.341 e. The van der Waals surface area contributed by atoms with E-state index in [1.165, 1.54) is 0 Å². The summed E-state index contributed by atoms with van der Waals surface area (Å²) in [5.41, 5.74) is 1.95. The SMILES string of the molecule is C=Cc1c(NC)ncc(C(=O)OCCC)c1NC1CCCC(CCC#N)C1. The number of esters is 1. The number of hydrogen-bond donors (Lipinski definition) is 2. The molecule has 0 aliphatic heterocycles. The van der Waals surface area contributed by atoms with E-state index in [0.717, 1.165) is 49.8 Å². The first-order chi connectivity index (χ1) is 13.1. The lowest BCUT2D eigenvalue weighted by atomic mass is 9.83. The number of hydrogen-bond acceptors (Lipinski definition) is 6. The van der Waals surface area contributed by atoms with Gasteiger partial charge in [0.05, 0.1) is 18.4 Å². The molecule has 0 radical (unpaired) electrons. The lowest BCUT2D eigenvalue weighted by molar-refractivity contribution is 0.0505. The minimum atomic E-state index is -0.366. The summed E-state index contributed by atoms with van der Waals surface area (Å²) in [5, 5.41) is 15.5. The van der Waals surface area contributed by atoms with Gasteiger partial charge in [-0.25, -0.2) is 9.78 Å². The van der Waals surface area contributed by atoms with E-state index in [4.69, 9.17) is 10.00 Å². The molecule has 1 fully saturated rings. The molecule has 2 rings (SSSR count). The Morgan fingerprint density at radius 3 is 3.00 bits per heavy atom. The van der Waals surface area contributed by atoms with Crippen LogP contribution < -0.4 is 10.6 Å². The number of nitrogens with one attached hydrogen (secondary N) is 2. The molecule has 6 heteroatoms. The third-order valence-corrected chi connectivity index (χ3v) is 5.01. The Hall–Kier alpha value is -2.55. The summed E-state index contributed by atoms with van der Waals surface area (Å²) in [6, 6.07) is 2.50. The molecule has 6 nitrogen and oxygen atoms in total. The molecule has 2 atom stereocenters. The van der Waals surface area contributed by atoms with Gasteiger partial charge in [-0.3, -0.25) is 0 Å². The van der Waals surface area contributed by atoms with Crippen LogP contribution in [-0.4, -0.2) is 30.6 Å². The Bertz CT molecular complexity index is 696. The maximum absolute atomic E-state index is 12.5. The van der Waals surface area contributed by atoms with E-state index < -0.39 is 0 Å². The first kappa shape index (κ1) is 20.8. The largest absolute Gasteiger partial charge is 0.462 e. The van der Waals surface area contributed by atoms with Gasteiger partial charge in [-0.05, 0) is 31.6 Å². The van der Waals surface area contributed by atoms with Gasteiger partial charge in [0.15, 0.2) is 0 Å². The first-order valence-corrected chi connectivity index (χ1v) is 9.78. The van der Waals surface area contributed by atoms with Gasteiger partial charge in [0.25, 0.3) is 0 Å². The number of nitriles is 1. The van der Waals surface area contributed by atoms with Crippen LogP contribution in [0, 0.1) is 17.2 Å². The van der Waals surface area contributed by atoms with Gasteiger partial charge in [0.1, 0.15) is 11.4 Å². The summed E-state index contributed by atoms with van der Waals surface area (Å²) in [6.45, 7) is 6.25. The highest BCUT2D eigenvalue weighted by atomic mass is 16.5. The topological polar surface area (TPSA) is 87.0 Å². The summed E-state index contributed by atoms with van der Waals surface area (Å²) in [4.78, 5) is 16.9. The Morgan fingerprint density at radius 2 is 2.33 bits per heavy atom. The molecule has 146 valence electrons. The van der Waals surface area contributed by atoms with Crippen molar-refractivity contribution in [1.82, 2.24) is 4.98 Å². The monoisotopic (exact) mass is 370 g/mol. The van der Waals surface area contributed by atoms with Crippen molar-refractivity contribution in [2.24, 2.45) is 5.92 Å². The fourth-order valence-electron chi connectivity index (χ4n) is 3.66. The minimum Gasteiger partial charge on any atom is -0.462 e. The number of ether oxygens (including phenoxy) is 1. The van der Waals surface area contributed by atoms with E-state index in [1.54, 1.807) is 19.3 Å². The van der Waals surface area contributed by atoms with E-state index in [-0.39, 0.29) is 12.0 Å². The molecule has 1 aromatic rings. The van der Waals surface area contributed by atoms with Gasteiger partial charge in [-0.15, -0.1) is 0 Å². The van der Waals surface area contributed by atoms with E-state index in [2.05, 4.69) is 28.3 Å². The number of anilines is 2. The van der Waals surface area contributed by atoms with Crippen LogP contribution in [0.1, 0.15) is 67.8 Å². The number of carbonyl (C=O) groups is 1. The summed E-state index contributed by atoms with van der Waals surface area (Å²) in [7, 11) is 1.80. The number of aromatic nitrogens is 1. The van der Waals surface area contributed by atoms with E-state index in [1.807, 2.05) is 6.92 Å². The quantitative estimate of drug-likeness (QED) is 0.617. The molecule has 1 aliphatic carbocycles. The van der Waals surface area contributed by atoms with Crippen molar-refractivity contribution in [2.45, 2.75) is 57.9 Å². The molecule has 2 N–H and O–H groups in total. The predicted molar refractivity (Wildman–Crippen MR) is 109 cm³/mol. The fraction of sp³-hybridized carbons (Fsp3) is 0.571. The number of carbonyl (C=O) groups excluding carboxylic acids is 1. The Labute approximate surface area is 162 Å². The van der Waals surface area contributed by atoms with E-state index in [9.17, 15) is 4.79 Å². The van der Waals surface area contributed by atoms with Crippen molar-refractivity contribution in [3.05, 3.63) is 23.9 Å². The molecule has 1 saturated carbocycles. The molecule has 27 heavy (non-hydrogen) atoms. The van der Waals surface area contributed by atoms with Gasteiger partial charge in [0.2, 0.25) is 0 Å². The number of nitrogens with zero attached hydrogens (tertiary/aromatic N) is 2. The first-order valence-electron chi connectivity index (χ1n) is 9.78. The minimum absolute atomic E-state index is 0.256. The van der Waals surface area contributed by atoms with Gasteiger partial charge in [-0.2, -0.15) is 5.26 Å². The van der Waals surface area contributed by atoms with Crippen molar-refractivity contribution >= 4 is 23.6 Å². The predicted octanol–water partition coefficient (Wildman–Crippen LogP) is 4.61. The Kier molecular flexibility index (Phi) is 8.12. The molecular weight excluding hydrogens is 340 g/mol. The van der Waals surface area contributed by atoms with Crippen LogP contribution in [-0.2, 0) is 4.74 Å². The second-order valence-corrected chi connectivity index (χ2v) is 6.97. The lowest BCUT2D eigenvalue weighted by Crippen LogP contribution is -2.29. The number of rotatable bonds is 9. The van der Waals surface area contributed by atoms with Crippen LogP contribution in [0.3, 0.4) is 0 Å². The summed E-state index contributed by atoms with van der Waals surface area (Å²) < 4.78 is 5.34. The normalized spacial score (nSPS) is 19.0. The van der Waals surface area contributed by atoms with Crippen LogP contribution in [0.2, 0.25) is 0 Å². The third-order valence-electron chi connectivity index (χ3n) is 5.01. The molecule has 1 heterocycles. The Morgan fingerprint density at radius 1 is 1.52 bits per heavy atom. The van der Waals surface area contributed by atoms with Crippen LogP contribution in [0.5, 0.6) is 0 Å². The molecular formula is C21H30N4O2. The van der Waals surface area contributed by atoms with Crippen LogP contribution >= 0.6 is 0 Å². The third kappa shape index (κ3) is 5.46. The highest BCUT2D eigenvalue weighted by molar-refractivity contribution is 5.99. The van der Waals surface area contributed by atoms with Crippen LogP contribution in [0.25, 0.3) is 6.08 Å². The molecule has 0 amide bonds. The van der Waals surface area contributed by atoms with Gasteiger partial charge < -0.3 is 15.4 Å². The molecule has 2 unspecified atom stereocenters. The fourth-order valence-corrected chi connectivity index (χ4v) is 3.66. The Balaban J connectivity index is 2.27. The zero-order chi connectivity index (χ0) is 19.6. The maximum Gasteiger partial charge on any atom is 0.341 e. The highest BCUT2D eigenvalue weighted by Crippen LogP contribution is 2.34. The van der Waals surface area contributed by atoms with Crippen molar-refractivity contribution < 1.29 is 9.53 Å². The summed E-state index contributed by atoms with van der Waals surface area (Å²) >= 11 is 0. The van der Waals surface area contributed by atoms with Gasteiger partial charge >= 0.3 is 5.97 Å². The summed E-state index contributed by atoms with van der Waals surface area (Å²) in [6.07, 6.45) is 9.92. The summed E-state index contributed by atoms with van der Waals surface area (Å²) in [5.74, 6) is 0.856. The molecule has 0 spiro atoms. The van der Waals surface area contributed by atoms with Crippen LogP contribution in [0.4, 0.5) is 11.5 Å². The number of pyridine rings is 1. The highest BCUT2D eigenvalue weighted by Gasteiger charge is 2.25. The van der Waals surface area contributed by atoms with Gasteiger partial charge in [-0.1, -0.05) is 32.4 Å².